The molecule has 0 spiro atoms. The monoisotopic (exact) mass is 348 g/mol. The zero-order valence-corrected chi connectivity index (χ0v) is 14.7. The van der Waals surface area contributed by atoms with E-state index >= 15 is 0 Å². The summed E-state index contributed by atoms with van der Waals surface area (Å²) >= 11 is 0. The number of nitrogens with zero attached hydrogens (tertiary/aromatic N) is 1. The van der Waals surface area contributed by atoms with Crippen molar-refractivity contribution in [3.05, 3.63) is 35.5 Å². The van der Waals surface area contributed by atoms with Crippen LogP contribution in [0.1, 0.15) is 24.2 Å². The van der Waals surface area contributed by atoms with Gasteiger partial charge in [-0.15, -0.1) is 0 Å². The predicted octanol–water partition coefficient (Wildman–Crippen LogP) is 1.53. The van der Waals surface area contributed by atoms with Crippen LogP contribution in [0.5, 0.6) is 5.75 Å². The second-order valence-electron chi connectivity index (χ2n) is 6.00. The molecule has 0 saturated carbocycles. The highest BCUT2D eigenvalue weighted by atomic mass is 16.7. The molecule has 1 fully saturated rings. The van der Waals surface area contributed by atoms with Gasteiger partial charge in [-0.1, -0.05) is 0 Å². The van der Waals surface area contributed by atoms with Crippen molar-refractivity contribution in [1.29, 1.82) is 0 Å². The molecule has 8 nitrogen and oxygen atoms in total. The molecule has 1 amide bonds. The summed E-state index contributed by atoms with van der Waals surface area (Å²) in [6, 6.07) is 4.78. The number of amides is 1. The third-order valence-corrected chi connectivity index (χ3v) is 3.34. The summed E-state index contributed by atoms with van der Waals surface area (Å²) in [7, 11) is 4.74. The SMILES string of the molecule is COc1ccc(C(=O)N(C)C)cc1NC=C1C(=O)OC(C)(C)OC1=O. The number of hydrogen-bond acceptors (Lipinski definition) is 7. The third kappa shape index (κ3) is 4.09. The maximum absolute atomic E-state index is 12.1. The van der Waals surface area contributed by atoms with Crippen LogP contribution in [-0.4, -0.2) is 49.7 Å². The Hall–Kier alpha value is -3.03. The smallest absolute Gasteiger partial charge is 0.350 e. The van der Waals surface area contributed by atoms with Gasteiger partial charge in [0.25, 0.3) is 11.7 Å². The summed E-state index contributed by atoms with van der Waals surface area (Å²) in [6.45, 7) is 2.93. The molecule has 134 valence electrons. The van der Waals surface area contributed by atoms with Gasteiger partial charge in [-0.3, -0.25) is 4.79 Å². The van der Waals surface area contributed by atoms with E-state index in [0.717, 1.165) is 0 Å². The molecule has 2 rings (SSSR count). The van der Waals surface area contributed by atoms with Gasteiger partial charge in [-0.25, -0.2) is 9.59 Å². The van der Waals surface area contributed by atoms with Gasteiger partial charge in [-0.2, -0.15) is 0 Å². The van der Waals surface area contributed by atoms with Crippen LogP contribution < -0.4 is 10.1 Å². The van der Waals surface area contributed by atoms with Crippen molar-refractivity contribution in [2.45, 2.75) is 19.6 Å². The maximum atomic E-state index is 12.1. The fourth-order valence-corrected chi connectivity index (χ4v) is 2.14. The van der Waals surface area contributed by atoms with E-state index in [2.05, 4.69) is 5.32 Å². The van der Waals surface area contributed by atoms with Crippen LogP contribution in [-0.2, 0) is 19.1 Å². The minimum Gasteiger partial charge on any atom is -0.495 e. The summed E-state index contributed by atoms with van der Waals surface area (Å²) in [5.74, 6) is -2.66. The molecule has 1 aromatic rings. The first-order valence-electron chi connectivity index (χ1n) is 7.47. The number of hydrogen-bond donors (Lipinski definition) is 1. The molecule has 1 saturated heterocycles. The predicted molar refractivity (Wildman–Crippen MR) is 89.0 cm³/mol. The minimum absolute atomic E-state index is 0.198. The van der Waals surface area contributed by atoms with Crippen LogP contribution in [0.25, 0.3) is 0 Å². The Kier molecular flexibility index (Phi) is 5.01. The lowest BCUT2D eigenvalue weighted by atomic mass is 10.1. The second-order valence-corrected chi connectivity index (χ2v) is 6.00. The number of methoxy groups -OCH3 is 1. The Morgan fingerprint density at radius 2 is 1.80 bits per heavy atom. The van der Waals surface area contributed by atoms with E-state index in [4.69, 9.17) is 14.2 Å². The fourth-order valence-electron chi connectivity index (χ4n) is 2.14. The van der Waals surface area contributed by atoms with Crippen molar-refractivity contribution < 1.29 is 28.6 Å². The van der Waals surface area contributed by atoms with Crippen LogP contribution in [0, 0.1) is 0 Å². The van der Waals surface area contributed by atoms with E-state index in [9.17, 15) is 14.4 Å². The summed E-state index contributed by atoms with van der Waals surface area (Å²) in [5.41, 5.74) is 0.542. The van der Waals surface area contributed by atoms with Gasteiger partial charge in [0.1, 0.15) is 5.75 Å². The Morgan fingerprint density at radius 3 is 2.32 bits per heavy atom. The number of ether oxygens (including phenoxy) is 3. The lowest BCUT2D eigenvalue weighted by Gasteiger charge is -2.29. The second kappa shape index (κ2) is 6.84. The molecular weight excluding hydrogens is 328 g/mol. The summed E-state index contributed by atoms with van der Waals surface area (Å²) < 4.78 is 15.2. The zero-order chi connectivity index (χ0) is 18.8. The van der Waals surface area contributed by atoms with Crippen LogP contribution in [0.15, 0.2) is 30.0 Å². The van der Waals surface area contributed by atoms with Crippen molar-refractivity contribution in [3.8, 4) is 5.75 Å². The molecule has 1 N–H and O–H groups in total. The standard InChI is InChI=1S/C17H20N2O6/c1-17(2)24-15(21)11(16(22)25-17)9-18-12-8-10(14(20)19(3)4)6-7-13(12)23-5/h6-9,18H,1-5H3. The fraction of sp³-hybridized carbons (Fsp3) is 0.353. The largest absolute Gasteiger partial charge is 0.495 e. The van der Waals surface area contributed by atoms with Crippen LogP contribution in [0.2, 0.25) is 0 Å². The van der Waals surface area contributed by atoms with Crippen molar-refractivity contribution >= 4 is 23.5 Å². The normalized spacial score (nSPS) is 15.8. The van der Waals surface area contributed by atoms with E-state index in [0.29, 0.717) is 17.0 Å². The highest BCUT2D eigenvalue weighted by Crippen LogP contribution is 2.27. The lowest BCUT2D eigenvalue weighted by molar-refractivity contribution is -0.222. The number of cyclic esters (lactones) is 2. The Morgan fingerprint density at radius 1 is 1.20 bits per heavy atom. The first-order valence-corrected chi connectivity index (χ1v) is 7.47. The van der Waals surface area contributed by atoms with Gasteiger partial charge in [0.2, 0.25) is 0 Å². The molecule has 1 heterocycles. The van der Waals surface area contributed by atoms with Crippen molar-refractivity contribution in [2.75, 3.05) is 26.5 Å². The Bertz CT molecular complexity index is 730. The summed E-state index contributed by atoms with van der Waals surface area (Å²) in [5, 5.41) is 2.80. The number of nitrogens with one attached hydrogen (secondary N) is 1. The zero-order valence-electron chi connectivity index (χ0n) is 14.7. The number of carbonyl (C=O) groups excluding carboxylic acids is 3. The number of esters is 2. The molecule has 1 aromatic carbocycles. The Balaban J connectivity index is 2.30. The van der Waals surface area contributed by atoms with Gasteiger partial charge >= 0.3 is 11.9 Å². The average Bonchev–Trinajstić information content (AvgIpc) is 2.51. The number of carbonyl (C=O) groups is 3. The summed E-state index contributed by atoms with van der Waals surface area (Å²) in [6.07, 6.45) is 1.17. The molecule has 1 aliphatic rings. The van der Waals surface area contributed by atoms with Crippen LogP contribution in [0.4, 0.5) is 5.69 Å². The first kappa shape index (κ1) is 18.3. The van der Waals surface area contributed by atoms with Crippen molar-refractivity contribution in [2.24, 2.45) is 0 Å². The highest BCUT2D eigenvalue weighted by Gasteiger charge is 2.39. The quantitative estimate of drug-likeness (QED) is 0.501. The van der Waals surface area contributed by atoms with Gasteiger partial charge in [0.15, 0.2) is 5.57 Å². The molecule has 25 heavy (non-hydrogen) atoms. The van der Waals surface area contributed by atoms with Crippen molar-refractivity contribution in [3.63, 3.8) is 0 Å². The molecule has 1 aliphatic heterocycles. The van der Waals surface area contributed by atoms with Crippen LogP contribution >= 0.6 is 0 Å². The number of anilines is 1. The molecule has 0 atom stereocenters. The first-order chi connectivity index (χ1) is 11.6. The van der Waals surface area contributed by atoms with Gasteiger partial charge < -0.3 is 24.4 Å². The minimum atomic E-state index is -1.30. The van der Waals surface area contributed by atoms with Gasteiger partial charge in [0, 0.05) is 39.7 Å². The average molecular weight is 348 g/mol. The van der Waals surface area contributed by atoms with Crippen LogP contribution in [0.3, 0.4) is 0 Å². The molecular formula is C17H20N2O6. The highest BCUT2D eigenvalue weighted by molar-refractivity contribution is 6.15. The molecule has 0 radical (unpaired) electrons. The van der Waals surface area contributed by atoms with E-state index < -0.39 is 17.7 Å². The molecule has 0 unspecified atom stereocenters. The molecule has 0 aliphatic carbocycles. The van der Waals surface area contributed by atoms with Gasteiger partial charge in [-0.05, 0) is 18.2 Å². The Labute approximate surface area is 145 Å². The van der Waals surface area contributed by atoms with E-state index in [1.54, 1.807) is 32.3 Å². The van der Waals surface area contributed by atoms with E-state index in [1.165, 1.54) is 32.1 Å². The summed E-state index contributed by atoms with van der Waals surface area (Å²) in [4.78, 5) is 37.4. The molecule has 8 heteroatoms. The molecule has 0 bridgehead atoms. The van der Waals surface area contributed by atoms with Gasteiger partial charge in [0.05, 0.1) is 12.8 Å². The van der Waals surface area contributed by atoms with E-state index in [1.807, 2.05) is 0 Å². The maximum Gasteiger partial charge on any atom is 0.350 e. The lowest BCUT2D eigenvalue weighted by Crippen LogP contribution is -2.42. The third-order valence-electron chi connectivity index (χ3n) is 3.34. The van der Waals surface area contributed by atoms with Crippen molar-refractivity contribution in [1.82, 2.24) is 4.90 Å². The topological polar surface area (TPSA) is 94.2 Å². The molecule has 0 aromatic heterocycles. The number of rotatable bonds is 4. The van der Waals surface area contributed by atoms with E-state index in [-0.39, 0.29) is 11.5 Å². The number of benzene rings is 1.